The molecule has 1 aliphatic rings. The van der Waals surface area contributed by atoms with E-state index in [4.69, 9.17) is 39.6 Å². The average Bonchev–Trinajstić information content (AvgIpc) is 2.63. The molecule has 1 aromatic carbocycles. The lowest BCUT2D eigenvalue weighted by Crippen LogP contribution is -2.42. The number of rotatable bonds is 1. The summed E-state index contributed by atoms with van der Waals surface area (Å²) < 4.78 is -1.94. The van der Waals surface area contributed by atoms with Crippen LogP contribution in [0.4, 0.5) is 0 Å². The van der Waals surface area contributed by atoms with Crippen molar-refractivity contribution >= 4 is 40.5 Å². The first-order valence-electron chi connectivity index (χ1n) is 4.93. The zero-order valence-corrected chi connectivity index (χ0v) is 11.2. The van der Waals surface area contributed by atoms with E-state index in [1.165, 1.54) is 0 Å². The highest BCUT2D eigenvalue weighted by Gasteiger charge is 2.54. The zero-order chi connectivity index (χ0) is 12.7. The molecule has 1 unspecified atom stereocenters. The van der Waals surface area contributed by atoms with Crippen LogP contribution in [0.2, 0.25) is 0 Å². The maximum absolute atomic E-state index is 9.98. The van der Waals surface area contributed by atoms with E-state index in [0.29, 0.717) is 5.71 Å². The smallest absolute Gasteiger partial charge is 0.287 e. The predicted molar refractivity (Wildman–Crippen MR) is 68.7 cm³/mol. The minimum absolute atomic E-state index is 0.0343. The molecule has 0 saturated heterocycles. The first-order valence-corrected chi connectivity index (χ1v) is 6.06. The standard InChI is InChI=1S/C11H10Cl3NO2/c1-7-2-4-8(5-3-7)9-6-10(16,17-15-9)11(12,13)14/h2-5,16H,6H2,1H3. The Labute approximate surface area is 114 Å². The van der Waals surface area contributed by atoms with Gasteiger partial charge < -0.3 is 9.94 Å². The Hall–Kier alpha value is -0.480. The normalized spacial score (nSPS) is 24.4. The van der Waals surface area contributed by atoms with Crippen LogP contribution in [0, 0.1) is 6.92 Å². The minimum Gasteiger partial charge on any atom is -0.355 e. The van der Waals surface area contributed by atoms with Gasteiger partial charge in [0.1, 0.15) is 0 Å². The monoisotopic (exact) mass is 293 g/mol. The minimum atomic E-state index is -1.94. The Kier molecular flexibility index (Phi) is 3.29. The Balaban J connectivity index is 2.20. The van der Waals surface area contributed by atoms with Gasteiger partial charge in [-0.3, -0.25) is 0 Å². The molecule has 1 heterocycles. The molecule has 0 bridgehead atoms. The van der Waals surface area contributed by atoms with Crippen molar-refractivity contribution in [1.29, 1.82) is 0 Å². The highest BCUT2D eigenvalue weighted by molar-refractivity contribution is 6.68. The summed E-state index contributed by atoms with van der Waals surface area (Å²) in [5.41, 5.74) is 2.52. The Bertz CT molecular complexity index is 453. The predicted octanol–water partition coefficient (Wildman–Crippen LogP) is 3.18. The van der Waals surface area contributed by atoms with Crippen LogP contribution in [0.25, 0.3) is 0 Å². The maximum Gasteiger partial charge on any atom is 0.287 e. The largest absolute Gasteiger partial charge is 0.355 e. The number of aliphatic hydroxyl groups is 1. The molecular formula is C11H10Cl3NO2. The number of oxime groups is 1. The van der Waals surface area contributed by atoms with Crippen molar-refractivity contribution in [2.75, 3.05) is 0 Å². The van der Waals surface area contributed by atoms with Crippen LogP contribution >= 0.6 is 34.8 Å². The molecule has 0 aliphatic carbocycles. The molecule has 92 valence electrons. The van der Waals surface area contributed by atoms with Crippen molar-refractivity contribution < 1.29 is 9.94 Å². The number of alkyl halides is 3. The lowest BCUT2D eigenvalue weighted by atomic mass is 10.0. The molecule has 1 N–H and O–H groups in total. The third-order valence-electron chi connectivity index (χ3n) is 2.54. The summed E-state index contributed by atoms with van der Waals surface area (Å²) in [6.45, 7) is 1.98. The molecule has 0 aromatic heterocycles. The molecule has 1 aliphatic heterocycles. The second-order valence-electron chi connectivity index (χ2n) is 3.95. The van der Waals surface area contributed by atoms with E-state index in [9.17, 15) is 5.11 Å². The molecule has 6 heteroatoms. The van der Waals surface area contributed by atoms with Crippen molar-refractivity contribution in [1.82, 2.24) is 0 Å². The van der Waals surface area contributed by atoms with E-state index < -0.39 is 9.58 Å². The average molecular weight is 295 g/mol. The molecule has 2 rings (SSSR count). The number of aryl methyl sites for hydroxylation is 1. The summed E-state index contributed by atoms with van der Waals surface area (Å²) in [6, 6.07) is 7.62. The summed E-state index contributed by atoms with van der Waals surface area (Å²) >= 11 is 16.9. The maximum atomic E-state index is 9.98. The second kappa shape index (κ2) is 4.32. The van der Waals surface area contributed by atoms with Crippen molar-refractivity contribution in [3.63, 3.8) is 0 Å². The summed E-state index contributed by atoms with van der Waals surface area (Å²) in [7, 11) is 0. The van der Waals surface area contributed by atoms with Crippen LogP contribution < -0.4 is 0 Å². The summed E-state index contributed by atoms with van der Waals surface area (Å²) in [5, 5.41) is 13.8. The molecule has 0 amide bonds. The molecule has 0 spiro atoms. The fourth-order valence-corrected chi connectivity index (χ4v) is 1.78. The Morgan fingerprint density at radius 1 is 1.29 bits per heavy atom. The molecule has 17 heavy (non-hydrogen) atoms. The van der Waals surface area contributed by atoms with E-state index in [1.54, 1.807) is 0 Å². The van der Waals surface area contributed by atoms with Gasteiger partial charge in [-0.1, -0.05) is 69.8 Å². The van der Waals surface area contributed by atoms with Crippen LogP contribution in [0.3, 0.4) is 0 Å². The second-order valence-corrected chi connectivity index (χ2v) is 6.24. The van der Waals surface area contributed by atoms with Gasteiger partial charge in [0.15, 0.2) is 0 Å². The number of hydrogen-bond acceptors (Lipinski definition) is 3. The van der Waals surface area contributed by atoms with Gasteiger partial charge >= 0.3 is 0 Å². The summed E-state index contributed by atoms with van der Waals surface area (Å²) in [4.78, 5) is 4.85. The molecule has 1 aromatic rings. The molecular weight excluding hydrogens is 284 g/mol. The van der Waals surface area contributed by atoms with Gasteiger partial charge in [-0.2, -0.15) is 0 Å². The van der Waals surface area contributed by atoms with Crippen molar-refractivity contribution in [2.45, 2.75) is 22.9 Å². The topological polar surface area (TPSA) is 41.8 Å². The number of nitrogens with zero attached hydrogens (tertiary/aromatic N) is 1. The third-order valence-corrected chi connectivity index (χ3v) is 3.43. The molecule has 0 fully saturated rings. The molecule has 0 radical (unpaired) electrons. The third kappa shape index (κ3) is 2.52. The number of halogens is 3. The first-order chi connectivity index (χ1) is 7.82. The van der Waals surface area contributed by atoms with Crippen LogP contribution in [0.5, 0.6) is 0 Å². The van der Waals surface area contributed by atoms with E-state index in [0.717, 1.165) is 11.1 Å². The zero-order valence-electron chi connectivity index (χ0n) is 8.95. The summed E-state index contributed by atoms with van der Waals surface area (Å²) in [6.07, 6.45) is 0.0343. The van der Waals surface area contributed by atoms with E-state index in [1.807, 2.05) is 31.2 Å². The van der Waals surface area contributed by atoms with Gasteiger partial charge in [0, 0.05) is 0 Å². The number of benzene rings is 1. The van der Waals surface area contributed by atoms with Crippen LogP contribution in [-0.4, -0.2) is 20.4 Å². The fourth-order valence-electron chi connectivity index (χ4n) is 1.47. The van der Waals surface area contributed by atoms with Gasteiger partial charge in [0.05, 0.1) is 12.1 Å². The van der Waals surface area contributed by atoms with Gasteiger partial charge in [0.2, 0.25) is 0 Å². The highest BCUT2D eigenvalue weighted by Crippen LogP contribution is 2.44. The molecule has 1 atom stereocenters. The Morgan fingerprint density at radius 3 is 2.35 bits per heavy atom. The van der Waals surface area contributed by atoms with Crippen molar-refractivity contribution in [2.24, 2.45) is 5.16 Å². The van der Waals surface area contributed by atoms with Crippen LogP contribution in [0.1, 0.15) is 17.5 Å². The highest BCUT2D eigenvalue weighted by atomic mass is 35.6. The summed E-state index contributed by atoms with van der Waals surface area (Å²) in [5.74, 6) is -1.90. The van der Waals surface area contributed by atoms with Crippen LogP contribution in [-0.2, 0) is 4.84 Å². The van der Waals surface area contributed by atoms with Crippen LogP contribution in [0.15, 0.2) is 29.4 Å². The SMILES string of the molecule is Cc1ccc(C2=NOC(O)(C(Cl)(Cl)Cl)C2)cc1. The lowest BCUT2D eigenvalue weighted by Gasteiger charge is -2.26. The first kappa shape index (κ1) is 13.0. The quantitative estimate of drug-likeness (QED) is 0.808. The van der Waals surface area contributed by atoms with Crippen molar-refractivity contribution in [3.8, 4) is 0 Å². The van der Waals surface area contributed by atoms with Gasteiger partial charge in [0.25, 0.3) is 9.58 Å². The van der Waals surface area contributed by atoms with Gasteiger partial charge in [-0.15, -0.1) is 0 Å². The van der Waals surface area contributed by atoms with E-state index >= 15 is 0 Å². The Morgan fingerprint density at radius 2 is 1.88 bits per heavy atom. The fraction of sp³-hybridized carbons (Fsp3) is 0.364. The van der Waals surface area contributed by atoms with Gasteiger partial charge in [-0.05, 0) is 12.5 Å². The van der Waals surface area contributed by atoms with Gasteiger partial charge in [-0.25, -0.2) is 0 Å². The van der Waals surface area contributed by atoms with E-state index in [2.05, 4.69) is 5.16 Å². The van der Waals surface area contributed by atoms with Crippen molar-refractivity contribution in [3.05, 3.63) is 35.4 Å². The number of hydrogen-bond donors (Lipinski definition) is 1. The van der Waals surface area contributed by atoms with E-state index in [-0.39, 0.29) is 6.42 Å². The molecule has 0 saturated carbocycles. The molecule has 3 nitrogen and oxygen atoms in total. The lowest BCUT2D eigenvalue weighted by molar-refractivity contribution is -0.181.